The highest BCUT2D eigenvalue weighted by molar-refractivity contribution is 6.07. The monoisotopic (exact) mass is 344 g/mol. The van der Waals surface area contributed by atoms with Gasteiger partial charge in [0.05, 0.1) is 20.1 Å². The quantitative estimate of drug-likeness (QED) is 0.681. The topological polar surface area (TPSA) is 35.5 Å². The Morgan fingerprint density at radius 3 is 1.96 bits per heavy atom. The van der Waals surface area contributed by atoms with Crippen molar-refractivity contribution in [1.82, 2.24) is 0 Å². The smallest absolute Gasteiger partial charge is 0.171 e. The van der Waals surface area contributed by atoms with Gasteiger partial charge < -0.3 is 9.47 Å². The van der Waals surface area contributed by atoms with Crippen LogP contribution in [0.2, 0.25) is 0 Å². The fraction of sp³-hybridized carbons (Fsp3) is 0.174. The Morgan fingerprint density at radius 1 is 0.692 bits per heavy atom. The van der Waals surface area contributed by atoms with Crippen molar-refractivity contribution in [3.8, 4) is 11.5 Å². The minimum Gasteiger partial charge on any atom is -0.497 e. The lowest BCUT2D eigenvalue weighted by molar-refractivity contribution is 0.0968. The Balaban J connectivity index is 1.87. The van der Waals surface area contributed by atoms with Crippen LogP contribution in [-0.2, 0) is 0 Å². The van der Waals surface area contributed by atoms with E-state index >= 15 is 0 Å². The van der Waals surface area contributed by atoms with Crippen LogP contribution in [-0.4, -0.2) is 20.0 Å². The zero-order valence-electron chi connectivity index (χ0n) is 14.8. The number of carbonyl (C=O) groups is 1. The summed E-state index contributed by atoms with van der Waals surface area (Å²) >= 11 is 0. The second kappa shape index (κ2) is 6.68. The molecule has 3 aromatic carbocycles. The van der Waals surface area contributed by atoms with Crippen LogP contribution in [0.4, 0.5) is 0 Å². The van der Waals surface area contributed by atoms with Gasteiger partial charge in [-0.1, -0.05) is 42.5 Å². The number of ether oxygens (including phenoxy) is 2. The maximum atomic E-state index is 13.3. The second-order valence-electron chi connectivity index (χ2n) is 6.46. The highest BCUT2D eigenvalue weighted by Gasteiger charge is 2.41. The van der Waals surface area contributed by atoms with Crippen molar-refractivity contribution in [3.05, 3.63) is 95.1 Å². The molecule has 0 amide bonds. The van der Waals surface area contributed by atoms with Gasteiger partial charge in [-0.15, -0.1) is 0 Å². The molecule has 0 N–H and O–H groups in total. The Kier molecular flexibility index (Phi) is 4.21. The van der Waals surface area contributed by atoms with Crippen molar-refractivity contribution >= 4 is 5.78 Å². The van der Waals surface area contributed by atoms with Gasteiger partial charge in [-0.3, -0.25) is 4.79 Å². The van der Waals surface area contributed by atoms with Gasteiger partial charge in [0.2, 0.25) is 0 Å². The lowest BCUT2D eigenvalue weighted by Gasteiger charge is -2.21. The lowest BCUT2D eigenvalue weighted by Crippen LogP contribution is -2.13. The molecule has 0 bridgehead atoms. The van der Waals surface area contributed by atoms with Crippen LogP contribution < -0.4 is 9.47 Å². The van der Waals surface area contributed by atoms with E-state index in [1.165, 1.54) is 0 Å². The van der Waals surface area contributed by atoms with Gasteiger partial charge in [0.25, 0.3) is 0 Å². The molecule has 130 valence electrons. The summed E-state index contributed by atoms with van der Waals surface area (Å²) in [5.41, 5.74) is 3.94. The van der Waals surface area contributed by atoms with Crippen LogP contribution in [0.25, 0.3) is 0 Å². The molecule has 0 aliphatic heterocycles. The van der Waals surface area contributed by atoms with Crippen molar-refractivity contribution in [3.63, 3.8) is 0 Å². The zero-order valence-corrected chi connectivity index (χ0v) is 14.8. The summed E-state index contributed by atoms with van der Waals surface area (Å²) in [6.45, 7) is 0. The Bertz CT molecular complexity index is 929. The molecular weight excluding hydrogens is 324 g/mol. The largest absolute Gasteiger partial charge is 0.497 e. The molecule has 4 rings (SSSR count). The maximum Gasteiger partial charge on any atom is 0.171 e. The van der Waals surface area contributed by atoms with Crippen LogP contribution in [0.5, 0.6) is 11.5 Å². The van der Waals surface area contributed by atoms with E-state index < -0.39 is 0 Å². The molecule has 1 aliphatic rings. The van der Waals surface area contributed by atoms with E-state index in [1.54, 1.807) is 14.2 Å². The lowest BCUT2D eigenvalue weighted by atomic mass is 9.81. The molecule has 0 fully saturated rings. The van der Waals surface area contributed by atoms with Gasteiger partial charge in [0, 0.05) is 11.5 Å². The number of rotatable bonds is 4. The first kappa shape index (κ1) is 16.4. The summed E-state index contributed by atoms with van der Waals surface area (Å²) < 4.78 is 10.7. The summed E-state index contributed by atoms with van der Waals surface area (Å²) in [6, 6.07) is 23.7. The molecular formula is C23H20O3. The molecule has 1 aliphatic carbocycles. The highest BCUT2D eigenvalue weighted by atomic mass is 16.5. The first-order chi connectivity index (χ1) is 12.7. The van der Waals surface area contributed by atoms with Crippen LogP contribution >= 0.6 is 0 Å². The zero-order chi connectivity index (χ0) is 18.1. The number of Topliss-reactive ketones (excluding diaryl/α,β-unsaturated/α-hetero) is 1. The molecule has 3 nitrogen and oxygen atoms in total. The fourth-order valence-electron chi connectivity index (χ4n) is 3.84. The molecule has 2 atom stereocenters. The number of methoxy groups -OCH3 is 2. The number of carbonyl (C=O) groups excluding carboxylic acids is 1. The molecule has 0 heterocycles. The minimum absolute atomic E-state index is 0.0257. The normalized spacial score (nSPS) is 18.5. The molecule has 2 unspecified atom stereocenters. The van der Waals surface area contributed by atoms with Crippen LogP contribution in [0.15, 0.2) is 72.8 Å². The van der Waals surface area contributed by atoms with E-state index in [0.717, 1.165) is 33.8 Å². The third kappa shape index (κ3) is 2.66. The van der Waals surface area contributed by atoms with Gasteiger partial charge in [0.1, 0.15) is 11.5 Å². The van der Waals surface area contributed by atoms with Gasteiger partial charge >= 0.3 is 0 Å². The molecule has 0 saturated heterocycles. The predicted molar refractivity (Wildman–Crippen MR) is 101 cm³/mol. The summed E-state index contributed by atoms with van der Waals surface area (Å²) in [7, 11) is 3.29. The number of fused-ring (bicyclic) bond motifs is 1. The minimum atomic E-state index is -0.245. The van der Waals surface area contributed by atoms with Crippen molar-refractivity contribution in [2.45, 2.75) is 11.8 Å². The number of hydrogen-bond donors (Lipinski definition) is 0. The Hall–Kier alpha value is -3.07. The first-order valence-electron chi connectivity index (χ1n) is 8.64. The third-order valence-electron chi connectivity index (χ3n) is 5.11. The predicted octanol–water partition coefficient (Wildman–Crippen LogP) is 4.82. The molecule has 0 spiro atoms. The summed E-state index contributed by atoms with van der Waals surface area (Å²) in [4.78, 5) is 13.3. The van der Waals surface area contributed by atoms with Crippen LogP contribution in [0, 0.1) is 0 Å². The first-order valence-corrected chi connectivity index (χ1v) is 8.64. The maximum absolute atomic E-state index is 13.3. The van der Waals surface area contributed by atoms with Gasteiger partial charge in [-0.2, -0.15) is 0 Å². The highest BCUT2D eigenvalue weighted by Crippen LogP contribution is 2.48. The molecule has 26 heavy (non-hydrogen) atoms. The van der Waals surface area contributed by atoms with E-state index in [0.29, 0.717) is 0 Å². The molecule has 0 aromatic heterocycles. The van der Waals surface area contributed by atoms with Crippen molar-refractivity contribution < 1.29 is 14.3 Å². The number of hydrogen-bond acceptors (Lipinski definition) is 3. The van der Waals surface area contributed by atoms with Crippen molar-refractivity contribution in [2.75, 3.05) is 14.2 Å². The van der Waals surface area contributed by atoms with E-state index in [9.17, 15) is 4.79 Å². The van der Waals surface area contributed by atoms with Crippen LogP contribution in [0.3, 0.4) is 0 Å². The number of benzene rings is 3. The van der Waals surface area contributed by atoms with Crippen LogP contribution in [0.1, 0.15) is 38.9 Å². The Labute approximate surface area is 153 Å². The van der Waals surface area contributed by atoms with Gasteiger partial charge in [0.15, 0.2) is 5.78 Å². The van der Waals surface area contributed by atoms with E-state index in [2.05, 4.69) is 12.1 Å². The fourth-order valence-corrected chi connectivity index (χ4v) is 3.84. The van der Waals surface area contributed by atoms with Gasteiger partial charge in [-0.05, 0) is 47.0 Å². The number of ketones is 1. The molecule has 0 radical (unpaired) electrons. The molecule has 3 aromatic rings. The summed E-state index contributed by atoms with van der Waals surface area (Å²) in [5.74, 6) is 1.44. The van der Waals surface area contributed by atoms with Crippen molar-refractivity contribution in [2.24, 2.45) is 0 Å². The van der Waals surface area contributed by atoms with Gasteiger partial charge in [-0.25, -0.2) is 0 Å². The summed E-state index contributed by atoms with van der Waals surface area (Å²) in [6.07, 6.45) is 0. The van der Waals surface area contributed by atoms with E-state index in [-0.39, 0.29) is 17.6 Å². The molecule has 0 saturated carbocycles. The van der Waals surface area contributed by atoms with E-state index in [1.807, 2.05) is 60.7 Å². The van der Waals surface area contributed by atoms with E-state index in [4.69, 9.17) is 9.47 Å². The SMILES string of the molecule is COc1ccc(C2C(=O)c3ccc(OC)cc3C2c2ccccc2)cc1. The molecule has 3 heteroatoms. The van der Waals surface area contributed by atoms with Crippen molar-refractivity contribution in [1.29, 1.82) is 0 Å². The summed E-state index contributed by atoms with van der Waals surface area (Å²) in [5, 5.41) is 0. The Morgan fingerprint density at radius 2 is 1.31 bits per heavy atom. The average molecular weight is 344 g/mol. The average Bonchev–Trinajstić information content (AvgIpc) is 3.00. The second-order valence-corrected chi connectivity index (χ2v) is 6.46. The standard InChI is InChI=1S/C23H20O3/c1-25-17-10-8-16(9-11-17)22-21(15-6-4-3-5-7-15)20-14-18(26-2)12-13-19(20)23(22)24/h3-14,21-22H,1-2H3. The third-order valence-corrected chi connectivity index (χ3v) is 5.11.